The molecule has 1 unspecified atom stereocenters. The molecule has 2 fully saturated rings. The van der Waals surface area contributed by atoms with Gasteiger partial charge in [0.15, 0.2) is 0 Å². The molecule has 108 valence electrons. The van der Waals surface area contributed by atoms with Gasteiger partial charge in [-0.15, -0.1) is 4.28 Å². The van der Waals surface area contributed by atoms with Gasteiger partial charge in [0, 0.05) is 20.6 Å². The van der Waals surface area contributed by atoms with Gasteiger partial charge in [0.05, 0.1) is 6.04 Å². The molecule has 0 saturated carbocycles. The molecular weight excluding hydrogens is 278 g/mol. The Balaban J connectivity index is 2.18. The van der Waals surface area contributed by atoms with Crippen molar-refractivity contribution in [3.63, 3.8) is 0 Å². The van der Waals surface area contributed by atoms with Crippen LogP contribution in [-0.4, -0.2) is 72.5 Å². The van der Waals surface area contributed by atoms with Gasteiger partial charge in [-0.2, -0.15) is 13.5 Å². The summed E-state index contributed by atoms with van der Waals surface area (Å²) in [5.41, 5.74) is 0. The van der Waals surface area contributed by atoms with Crippen LogP contribution in [0.4, 0.5) is 4.79 Å². The first kappa shape index (κ1) is 14.0. The van der Waals surface area contributed by atoms with Crippen LogP contribution in [0.25, 0.3) is 0 Å². The van der Waals surface area contributed by atoms with E-state index < -0.39 is 28.5 Å². The number of likely N-dealkylation sites (N-methyl/N-ethyl adjacent to an activating group) is 1. The predicted octanol–water partition coefficient (Wildman–Crippen LogP) is -0.922. The van der Waals surface area contributed by atoms with Gasteiger partial charge in [-0.3, -0.25) is 9.35 Å². The predicted molar refractivity (Wildman–Crippen MR) is 62.1 cm³/mol. The minimum atomic E-state index is -4.75. The van der Waals surface area contributed by atoms with Crippen LogP contribution in [0.1, 0.15) is 12.8 Å². The third-order valence-electron chi connectivity index (χ3n) is 3.22. The van der Waals surface area contributed by atoms with Gasteiger partial charge >= 0.3 is 16.4 Å². The molecule has 0 aromatic rings. The lowest BCUT2D eigenvalue weighted by atomic mass is 10.00. The topological polar surface area (TPSA) is 107 Å². The first-order valence-electron chi connectivity index (χ1n) is 5.68. The van der Waals surface area contributed by atoms with E-state index in [1.54, 1.807) is 14.1 Å². The summed E-state index contributed by atoms with van der Waals surface area (Å²) >= 11 is 0. The Morgan fingerprint density at radius 3 is 2.58 bits per heavy atom. The van der Waals surface area contributed by atoms with Crippen LogP contribution in [0.2, 0.25) is 0 Å². The Kier molecular flexibility index (Phi) is 3.41. The maximum absolute atomic E-state index is 12.0. The molecule has 19 heavy (non-hydrogen) atoms. The fourth-order valence-corrected chi connectivity index (χ4v) is 2.77. The smallest absolute Gasteiger partial charge is 0.347 e. The average molecular weight is 293 g/mol. The van der Waals surface area contributed by atoms with Gasteiger partial charge in [-0.1, -0.05) is 0 Å². The van der Waals surface area contributed by atoms with Gasteiger partial charge in [0.2, 0.25) is 5.91 Å². The van der Waals surface area contributed by atoms with Crippen molar-refractivity contribution in [3.05, 3.63) is 0 Å². The SMILES string of the molecule is CN(C)C(=O)[C@@H]1CCC2CN1C(=O)N2OS(=O)(=O)O. The maximum Gasteiger partial charge on any atom is 0.418 e. The van der Waals surface area contributed by atoms with Crippen LogP contribution >= 0.6 is 0 Å². The van der Waals surface area contributed by atoms with Crippen molar-refractivity contribution in [3.8, 4) is 0 Å². The lowest BCUT2D eigenvalue weighted by Crippen LogP contribution is -2.49. The minimum Gasteiger partial charge on any atom is -0.347 e. The first-order chi connectivity index (χ1) is 8.70. The van der Waals surface area contributed by atoms with Gasteiger partial charge in [-0.05, 0) is 12.8 Å². The summed E-state index contributed by atoms with van der Waals surface area (Å²) in [6.07, 6.45) is 0.862. The lowest BCUT2D eigenvalue weighted by molar-refractivity contribution is -0.134. The molecule has 2 saturated heterocycles. The molecule has 1 N–H and O–H groups in total. The molecule has 9 nitrogen and oxygen atoms in total. The van der Waals surface area contributed by atoms with E-state index in [1.807, 2.05) is 0 Å². The fourth-order valence-electron chi connectivity index (χ4n) is 2.39. The van der Waals surface area contributed by atoms with E-state index in [4.69, 9.17) is 4.55 Å². The molecule has 0 radical (unpaired) electrons. The number of hydrogen-bond donors (Lipinski definition) is 1. The number of amides is 3. The van der Waals surface area contributed by atoms with Crippen molar-refractivity contribution in [2.75, 3.05) is 20.6 Å². The second-order valence-electron chi connectivity index (χ2n) is 4.74. The standard InChI is InChI=1S/C9H15N3O6S/c1-10(2)8(13)7-4-3-6-5-11(7)9(14)12(6)18-19(15,16)17/h6-7H,3-5H2,1-2H3,(H,15,16,17)/t6?,7-/m0/s1. The Morgan fingerprint density at radius 1 is 1.42 bits per heavy atom. The molecule has 0 aliphatic carbocycles. The molecule has 2 heterocycles. The van der Waals surface area contributed by atoms with E-state index in [-0.39, 0.29) is 12.5 Å². The normalized spacial score (nSPS) is 26.8. The fraction of sp³-hybridized carbons (Fsp3) is 0.778. The van der Waals surface area contributed by atoms with Gasteiger partial charge < -0.3 is 9.80 Å². The highest BCUT2D eigenvalue weighted by atomic mass is 32.3. The van der Waals surface area contributed by atoms with Gasteiger partial charge in [0.25, 0.3) is 0 Å². The van der Waals surface area contributed by atoms with E-state index in [1.165, 1.54) is 9.80 Å². The number of nitrogens with zero attached hydrogens (tertiary/aromatic N) is 3. The summed E-state index contributed by atoms with van der Waals surface area (Å²) in [5, 5.41) is 0.623. The monoisotopic (exact) mass is 293 g/mol. The summed E-state index contributed by atoms with van der Waals surface area (Å²) in [7, 11) is -1.58. The highest BCUT2D eigenvalue weighted by Gasteiger charge is 2.49. The molecule has 10 heteroatoms. The third kappa shape index (κ3) is 2.65. The number of carbonyl (C=O) groups excluding carboxylic acids is 2. The average Bonchev–Trinajstić information content (AvgIpc) is 2.52. The molecule has 0 aromatic carbocycles. The highest BCUT2D eigenvalue weighted by Crippen LogP contribution is 2.31. The Bertz CT molecular complexity index is 504. The summed E-state index contributed by atoms with van der Waals surface area (Å²) < 4.78 is 34.3. The van der Waals surface area contributed by atoms with Crippen LogP contribution < -0.4 is 0 Å². The van der Waals surface area contributed by atoms with Crippen molar-refractivity contribution >= 4 is 22.3 Å². The van der Waals surface area contributed by atoms with E-state index in [2.05, 4.69) is 4.28 Å². The zero-order valence-corrected chi connectivity index (χ0v) is 11.3. The Hall–Kier alpha value is -1.39. The number of hydroxylamine groups is 2. The first-order valence-corrected chi connectivity index (χ1v) is 7.05. The maximum atomic E-state index is 12.0. The zero-order chi connectivity index (χ0) is 14.4. The van der Waals surface area contributed by atoms with E-state index in [9.17, 15) is 18.0 Å². The number of fused-ring (bicyclic) bond motifs is 2. The second-order valence-corrected chi connectivity index (χ2v) is 5.75. The minimum absolute atomic E-state index is 0.207. The number of rotatable bonds is 3. The van der Waals surface area contributed by atoms with Crippen molar-refractivity contribution in [1.82, 2.24) is 14.9 Å². The third-order valence-corrected chi connectivity index (χ3v) is 3.57. The lowest BCUT2D eigenvalue weighted by Gasteiger charge is -2.31. The van der Waals surface area contributed by atoms with Crippen molar-refractivity contribution in [2.45, 2.75) is 24.9 Å². The molecule has 2 atom stereocenters. The van der Waals surface area contributed by atoms with Crippen molar-refractivity contribution in [1.29, 1.82) is 0 Å². The van der Waals surface area contributed by atoms with Crippen LogP contribution in [0.5, 0.6) is 0 Å². The molecule has 2 rings (SSSR count). The summed E-state index contributed by atoms with van der Waals surface area (Å²) in [4.78, 5) is 26.6. The zero-order valence-electron chi connectivity index (χ0n) is 10.5. The molecular formula is C9H15N3O6S. The summed E-state index contributed by atoms with van der Waals surface area (Å²) in [5.74, 6) is -0.222. The number of carbonyl (C=O) groups is 2. The Morgan fingerprint density at radius 2 is 2.05 bits per heavy atom. The van der Waals surface area contributed by atoms with Crippen LogP contribution in [0, 0.1) is 0 Å². The molecule has 0 spiro atoms. The number of hydrogen-bond acceptors (Lipinski definition) is 5. The van der Waals surface area contributed by atoms with Crippen LogP contribution in [0.3, 0.4) is 0 Å². The van der Waals surface area contributed by atoms with E-state index in [0.717, 1.165) is 0 Å². The molecule has 0 aromatic heterocycles. The summed E-state index contributed by atoms with van der Waals surface area (Å²) in [6, 6.07) is -1.81. The molecule has 2 aliphatic rings. The van der Waals surface area contributed by atoms with Crippen LogP contribution in [0.15, 0.2) is 0 Å². The molecule has 2 bridgehead atoms. The van der Waals surface area contributed by atoms with Gasteiger partial charge in [-0.25, -0.2) is 4.79 Å². The summed E-state index contributed by atoms with van der Waals surface area (Å²) in [6.45, 7) is 0.207. The quantitative estimate of drug-likeness (QED) is 0.674. The molecule has 2 aliphatic heterocycles. The largest absolute Gasteiger partial charge is 0.418 e. The van der Waals surface area contributed by atoms with Gasteiger partial charge in [0.1, 0.15) is 6.04 Å². The number of piperidine rings is 1. The number of urea groups is 1. The van der Waals surface area contributed by atoms with E-state index >= 15 is 0 Å². The van der Waals surface area contributed by atoms with Crippen molar-refractivity contribution in [2.24, 2.45) is 0 Å². The second kappa shape index (κ2) is 4.62. The highest BCUT2D eigenvalue weighted by molar-refractivity contribution is 7.80. The van der Waals surface area contributed by atoms with Crippen LogP contribution in [-0.2, 0) is 19.5 Å². The van der Waals surface area contributed by atoms with Crippen molar-refractivity contribution < 1.29 is 26.8 Å². The molecule has 3 amide bonds. The van der Waals surface area contributed by atoms with E-state index in [0.29, 0.717) is 17.9 Å². The Labute approximate surface area is 110 Å².